The minimum absolute atomic E-state index is 0.563. The molecule has 0 spiro atoms. The molecule has 0 amide bonds. The van der Waals surface area contributed by atoms with Crippen molar-refractivity contribution in [1.29, 1.82) is 0 Å². The Labute approximate surface area is 121 Å². The molecular formula is C16H27N3O. The second kappa shape index (κ2) is 6.25. The predicted octanol–water partition coefficient (Wildman–Crippen LogP) is 3.29. The largest absolute Gasteiger partial charge is 0.339 e. The standard InChI is InChI=1S/C16H27N3O/c1-3-8-17-14-7-5-4-6-12(14)10-15-18-16(19-20-15)13-9-11(13)2/h11-14,17H,3-10H2,1-2H3. The summed E-state index contributed by atoms with van der Waals surface area (Å²) >= 11 is 0. The van der Waals surface area contributed by atoms with Gasteiger partial charge in [0.25, 0.3) is 0 Å². The van der Waals surface area contributed by atoms with Gasteiger partial charge in [0, 0.05) is 18.4 Å². The average molecular weight is 277 g/mol. The molecule has 20 heavy (non-hydrogen) atoms. The lowest BCUT2D eigenvalue weighted by atomic mass is 9.82. The van der Waals surface area contributed by atoms with Crippen molar-refractivity contribution in [3.05, 3.63) is 11.7 Å². The monoisotopic (exact) mass is 277 g/mol. The summed E-state index contributed by atoms with van der Waals surface area (Å²) < 4.78 is 5.48. The molecule has 4 heteroatoms. The molecule has 0 bridgehead atoms. The zero-order chi connectivity index (χ0) is 13.9. The lowest BCUT2D eigenvalue weighted by Gasteiger charge is -2.31. The Balaban J connectivity index is 1.58. The molecule has 0 aromatic carbocycles. The van der Waals surface area contributed by atoms with Gasteiger partial charge in [-0.15, -0.1) is 0 Å². The lowest BCUT2D eigenvalue weighted by molar-refractivity contribution is 0.239. The van der Waals surface area contributed by atoms with E-state index in [2.05, 4.69) is 29.3 Å². The molecule has 4 nitrogen and oxygen atoms in total. The zero-order valence-corrected chi connectivity index (χ0v) is 12.8. The third-order valence-corrected chi connectivity index (χ3v) is 4.93. The first-order valence-electron chi connectivity index (χ1n) is 8.33. The van der Waals surface area contributed by atoms with E-state index in [9.17, 15) is 0 Å². The van der Waals surface area contributed by atoms with Crippen molar-refractivity contribution in [1.82, 2.24) is 15.5 Å². The van der Waals surface area contributed by atoms with Gasteiger partial charge in [0.05, 0.1) is 0 Å². The van der Waals surface area contributed by atoms with E-state index < -0.39 is 0 Å². The van der Waals surface area contributed by atoms with E-state index in [1.165, 1.54) is 38.5 Å². The Morgan fingerprint density at radius 1 is 1.30 bits per heavy atom. The Bertz CT molecular complexity index is 431. The fourth-order valence-electron chi connectivity index (χ4n) is 3.46. The molecule has 1 aromatic rings. The number of nitrogens with zero attached hydrogens (tertiary/aromatic N) is 2. The third-order valence-electron chi connectivity index (χ3n) is 4.93. The van der Waals surface area contributed by atoms with Crippen LogP contribution >= 0.6 is 0 Å². The van der Waals surface area contributed by atoms with Gasteiger partial charge >= 0.3 is 0 Å². The maximum atomic E-state index is 5.48. The van der Waals surface area contributed by atoms with Crippen LogP contribution in [0.25, 0.3) is 0 Å². The van der Waals surface area contributed by atoms with Gasteiger partial charge in [0.1, 0.15) is 0 Å². The highest BCUT2D eigenvalue weighted by atomic mass is 16.5. The quantitative estimate of drug-likeness (QED) is 0.867. The summed E-state index contributed by atoms with van der Waals surface area (Å²) in [6, 6.07) is 0.638. The second-order valence-corrected chi connectivity index (χ2v) is 6.68. The van der Waals surface area contributed by atoms with Crippen LogP contribution in [0.5, 0.6) is 0 Å². The molecule has 3 rings (SSSR count). The van der Waals surface area contributed by atoms with Crippen LogP contribution in [0.15, 0.2) is 4.52 Å². The number of hydrogen-bond acceptors (Lipinski definition) is 4. The van der Waals surface area contributed by atoms with Crippen LogP contribution in [0.1, 0.15) is 70.0 Å². The van der Waals surface area contributed by atoms with Crippen molar-refractivity contribution in [2.24, 2.45) is 11.8 Å². The van der Waals surface area contributed by atoms with Gasteiger partial charge < -0.3 is 9.84 Å². The minimum Gasteiger partial charge on any atom is -0.339 e. The van der Waals surface area contributed by atoms with Crippen molar-refractivity contribution in [2.45, 2.75) is 70.8 Å². The van der Waals surface area contributed by atoms with Crippen LogP contribution in [0.4, 0.5) is 0 Å². The SMILES string of the molecule is CCCNC1CCCCC1Cc1nc(C2CC2C)no1. The summed E-state index contributed by atoms with van der Waals surface area (Å²) in [5.41, 5.74) is 0. The molecule has 0 aliphatic heterocycles. The van der Waals surface area contributed by atoms with Crippen LogP contribution in [0.3, 0.4) is 0 Å². The first kappa shape index (κ1) is 14.1. The van der Waals surface area contributed by atoms with Crippen LogP contribution in [0, 0.1) is 11.8 Å². The van der Waals surface area contributed by atoms with E-state index in [1.807, 2.05) is 0 Å². The van der Waals surface area contributed by atoms with Crippen LogP contribution in [-0.4, -0.2) is 22.7 Å². The van der Waals surface area contributed by atoms with Crippen LogP contribution < -0.4 is 5.32 Å². The normalized spacial score (nSPS) is 33.3. The fraction of sp³-hybridized carbons (Fsp3) is 0.875. The maximum absolute atomic E-state index is 5.48. The molecule has 2 aliphatic carbocycles. The predicted molar refractivity (Wildman–Crippen MR) is 78.6 cm³/mol. The summed E-state index contributed by atoms with van der Waals surface area (Å²) in [7, 11) is 0. The van der Waals surface area contributed by atoms with E-state index in [1.54, 1.807) is 0 Å². The Morgan fingerprint density at radius 2 is 2.10 bits per heavy atom. The Hall–Kier alpha value is -0.900. The maximum Gasteiger partial charge on any atom is 0.226 e. The van der Waals surface area contributed by atoms with Gasteiger partial charge in [-0.3, -0.25) is 0 Å². The van der Waals surface area contributed by atoms with Gasteiger partial charge in [-0.1, -0.05) is 31.8 Å². The third kappa shape index (κ3) is 3.22. The highest BCUT2D eigenvalue weighted by molar-refractivity contribution is 5.07. The first-order chi connectivity index (χ1) is 9.78. The van der Waals surface area contributed by atoms with Gasteiger partial charge in [0.2, 0.25) is 5.89 Å². The molecular weight excluding hydrogens is 250 g/mol. The molecule has 1 aromatic heterocycles. The van der Waals surface area contributed by atoms with Crippen LogP contribution in [0.2, 0.25) is 0 Å². The summed E-state index contributed by atoms with van der Waals surface area (Å²) in [5, 5.41) is 7.88. The van der Waals surface area contributed by atoms with Crippen LogP contribution in [-0.2, 0) is 6.42 Å². The summed E-state index contributed by atoms with van der Waals surface area (Å²) in [6.45, 7) is 5.61. The Kier molecular flexibility index (Phi) is 4.39. The number of nitrogens with one attached hydrogen (secondary N) is 1. The van der Waals surface area contributed by atoms with Crippen molar-refractivity contribution in [3.8, 4) is 0 Å². The van der Waals surface area contributed by atoms with E-state index in [0.29, 0.717) is 17.9 Å². The van der Waals surface area contributed by atoms with E-state index in [0.717, 1.165) is 30.6 Å². The molecule has 112 valence electrons. The van der Waals surface area contributed by atoms with E-state index in [-0.39, 0.29) is 0 Å². The van der Waals surface area contributed by atoms with Crippen molar-refractivity contribution in [2.75, 3.05) is 6.54 Å². The molecule has 2 aliphatic rings. The van der Waals surface area contributed by atoms with Gasteiger partial charge in [-0.2, -0.15) is 4.98 Å². The summed E-state index contributed by atoms with van der Waals surface area (Å²) in [4.78, 5) is 4.63. The molecule has 0 saturated heterocycles. The molecule has 2 saturated carbocycles. The first-order valence-corrected chi connectivity index (χ1v) is 8.33. The highest BCUT2D eigenvalue weighted by Crippen LogP contribution is 2.45. The highest BCUT2D eigenvalue weighted by Gasteiger charge is 2.38. The van der Waals surface area contributed by atoms with Gasteiger partial charge in [-0.05, 0) is 44.1 Å². The summed E-state index contributed by atoms with van der Waals surface area (Å²) in [6.07, 6.45) is 8.67. The number of aromatic nitrogens is 2. The van der Waals surface area contributed by atoms with Gasteiger partial charge in [0.15, 0.2) is 5.82 Å². The van der Waals surface area contributed by atoms with Crippen molar-refractivity contribution < 1.29 is 4.52 Å². The smallest absolute Gasteiger partial charge is 0.226 e. The number of rotatable bonds is 6. The summed E-state index contributed by atoms with van der Waals surface area (Å²) in [5.74, 6) is 3.78. The van der Waals surface area contributed by atoms with Crippen molar-refractivity contribution in [3.63, 3.8) is 0 Å². The molecule has 2 fully saturated rings. The Morgan fingerprint density at radius 3 is 2.85 bits per heavy atom. The molecule has 1 N–H and O–H groups in total. The molecule has 4 unspecified atom stereocenters. The topological polar surface area (TPSA) is 51.0 Å². The molecule has 1 heterocycles. The second-order valence-electron chi connectivity index (χ2n) is 6.68. The minimum atomic E-state index is 0.563. The van der Waals surface area contributed by atoms with Crippen molar-refractivity contribution >= 4 is 0 Å². The zero-order valence-electron chi connectivity index (χ0n) is 12.8. The molecule has 0 radical (unpaired) electrons. The number of hydrogen-bond donors (Lipinski definition) is 1. The van der Waals surface area contributed by atoms with Gasteiger partial charge in [-0.25, -0.2) is 0 Å². The lowest BCUT2D eigenvalue weighted by Crippen LogP contribution is -2.39. The van der Waals surface area contributed by atoms with E-state index in [4.69, 9.17) is 4.52 Å². The molecule has 4 atom stereocenters. The average Bonchev–Trinajstić information content (AvgIpc) is 3.00. The van der Waals surface area contributed by atoms with E-state index >= 15 is 0 Å². The fourth-order valence-corrected chi connectivity index (χ4v) is 3.46.